The van der Waals surface area contributed by atoms with Crippen LogP contribution in [0.2, 0.25) is 0 Å². The largest absolute Gasteiger partial charge is 0.393 e. The Morgan fingerprint density at radius 1 is 1.43 bits per heavy atom. The van der Waals surface area contributed by atoms with E-state index in [9.17, 15) is 0 Å². The van der Waals surface area contributed by atoms with Gasteiger partial charge in [0.05, 0.1) is 11.1 Å². The van der Waals surface area contributed by atoms with Gasteiger partial charge in [0.25, 0.3) is 0 Å². The molecule has 1 aromatic heterocycles. The molecule has 0 saturated heterocycles. The fourth-order valence-corrected chi connectivity index (χ4v) is 2.15. The quantitative estimate of drug-likeness (QED) is 0.759. The lowest BCUT2D eigenvalue weighted by molar-refractivity contribution is 0.220. The highest BCUT2D eigenvalue weighted by Gasteiger charge is 2.02. The molecule has 0 spiro atoms. The zero-order chi connectivity index (χ0) is 9.97. The van der Waals surface area contributed by atoms with E-state index in [4.69, 9.17) is 5.11 Å². The number of aromatic nitrogens is 1. The minimum Gasteiger partial charge on any atom is -0.393 e. The molecular formula is C11H13NOS. The predicted molar refractivity (Wildman–Crippen MR) is 60.7 cm³/mol. The first-order valence-electron chi connectivity index (χ1n) is 4.64. The van der Waals surface area contributed by atoms with Crippen molar-refractivity contribution in [1.29, 1.82) is 0 Å². The van der Waals surface area contributed by atoms with Gasteiger partial charge in [0.15, 0.2) is 0 Å². The highest BCUT2D eigenvalue weighted by Crippen LogP contribution is 2.23. The third-order valence-corrected chi connectivity index (χ3v) is 3.17. The number of nitrogens with one attached hydrogen (secondary N) is 1. The molecule has 74 valence electrons. The number of para-hydroxylation sites is 1. The van der Waals surface area contributed by atoms with Crippen LogP contribution in [0.4, 0.5) is 0 Å². The number of hydrogen-bond acceptors (Lipinski definition) is 2. The van der Waals surface area contributed by atoms with E-state index in [-0.39, 0.29) is 6.10 Å². The summed E-state index contributed by atoms with van der Waals surface area (Å²) in [5, 5.41) is 11.5. The molecule has 0 radical (unpaired) electrons. The molecule has 0 aliphatic heterocycles. The second-order valence-corrected chi connectivity index (χ2v) is 4.44. The summed E-state index contributed by atoms with van der Waals surface area (Å²) in [6.07, 6.45) is -0.258. The first-order valence-corrected chi connectivity index (χ1v) is 5.63. The summed E-state index contributed by atoms with van der Waals surface area (Å²) < 4.78 is 0. The van der Waals surface area contributed by atoms with Crippen molar-refractivity contribution in [2.24, 2.45) is 0 Å². The van der Waals surface area contributed by atoms with E-state index in [2.05, 4.69) is 23.2 Å². The Labute approximate surface area is 87.3 Å². The molecule has 1 atom stereocenters. The molecule has 0 aliphatic carbocycles. The molecule has 0 unspecified atom stereocenters. The number of thioether (sulfide) groups is 1. The minimum absolute atomic E-state index is 0.258. The number of hydrogen-bond donors (Lipinski definition) is 2. The Bertz CT molecular complexity index is 389. The SMILES string of the molecule is C[C@@H](O)CSc1cc2ccccc2[nH]1. The smallest absolute Gasteiger partial charge is 0.0733 e. The summed E-state index contributed by atoms with van der Waals surface area (Å²) in [6, 6.07) is 10.3. The molecule has 0 fully saturated rings. The van der Waals surface area contributed by atoms with Gasteiger partial charge in [0, 0.05) is 16.7 Å². The van der Waals surface area contributed by atoms with Crippen molar-refractivity contribution in [3.8, 4) is 0 Å². The highest BCUT2D eigenvalue weighted by atomic mass is 32.2. The number of aliphatic hydroxyl groups excluding tert-OH is 1. The summed E-state index contributed by atoms with van der Waals surface area (Å²) in [7, 11) is 0. The molecule has 2 aromatic rings. The Balaban J connectivity index is 2.19. The maximum absolute atomic E-state index is 9.15. The third kappa shape index (κ3) is 2.11. The molecule has 14 heavy (non-hydrogen) atoms. The number of aromatic amines is 1. The first-order chi connectivity index (χ1) is 6.75. The average molecular weight is 207 g/mol. The van der Waals surface area contributed by atoms with Gasteiger partial charge in [-0.1, -0.05) is 18.2 Å². The van der Waals surface area contributed by atoms with E-state index in [0.717, 1.165) is 16.3 Å². The lowest BCUT2D eigenvalue weighted by Gasteiger charge is -2.00. The fourth-order valence-electron chi connectivity index (χ4n) is 1.33. The monoisotopic (exact) mass is 207 g/mol. The summed E-state index contributed by atoms with van der Waals surface area (Å²) in [5.74, 6) is 0.729. The first kappa shape index (κ1) is 9.62. The van der Waals surface area contributed by atoms with Crippen LogP contribution in [0.25, 0.3) is 10.9 Å². The molecule has 0 saturated carbocycles. The summed E-state index contributed by atoms with van der Waals surface area (Å²) in [5.41, 5.74) is 1.15. The van der Waals surface area contributed by atoms with Crippen LogP contribution >= 0.6 is 11.8 Å². The maximum Gasteiger partial charge on any atom is 0.0733 e. The van der Waals surface area contributed by atoms with Crippen LogP contribution in [0.15, 0.2) is 35.4 Å². The topological polar surface area (TPSA) is 36.0 Å². The van der Waals surface area contributed by atoms with Gasteiger partial charge < -0.3 is 10.1 Å². The second kappa shape index (κ2) is 4.07. The van der Waals surface area contributed by atoms with Gasteiger partial charge in [-0.3, -0.25) is 0 Å². The Morgan fingerprint density at radius 2 is 2.21 bits per heavy atom. The molecule has 2 nitrogen and oxygen atoms in total. The van der Waals surface area contributed by atoms with Crippen LogP contribution in [0.3, 0.4) is 0 Å². The van der Waals surface area contributed by atoms with Crippen LogP contribution in [0.1, 0.15) is 6.92 Å². The summed E-state index contributed by atoms with van der Waals surface area (Å²) in [4.78, 5) is 3.30. The van der Waals surface area contributed by atoms with Gasteiger partial charge in [0.2, 0.25) is 0 Å². The van der Waals surface area contributed by atoms with E-state index < -0.39 is 0 Å². The summed E-state index contributed by atoms with van der Waals surface area (Å²) in [6.45, 7) is 1.80. The average Bonchev–Trinajstić information content (AvgIpc) is 2.57. The van der Waals surface area contributed by atoms with Gasteiger partial charge in [-0.15, -0.1) is 11.8 Å². The summed E-state index contributed by atoms with van der Waals surface area (Å²) >= 11 is 1.65. The number of benzene rings is 1. The zero-order valence-electron chi connectivity index (χ0n) is 8.03. The standard InChI is InChI=1S/C11H13NOS/c1-8(13)7-14-11-6-9-4-2-3-5-10(9)12-11/h2-6,8,12-13H,7H2,1H3/t8-/m1/s1. The van der Waals surface area contributed by atoms with Gasteiger partial charge in [0.1, 0.15) is 0 Å². The number of H-pyrrole nitrogens is 1. The van der Waals surface area contributed by atoms with Crippen LogP contribution in [-0.2, 0) is 0 Å². The molecule has 1 aromatic carbocycles. The molecule has 2 rings (SSSR count). The third-order valence-electron chi connectivity index (χ3n) is 1.99. The molecule has 0 bridgehead atoms. The van der Waals surface area contributed by atoms with Gasteiger partial charge in [-0.05, 0) is 19.1 Å². The van der Waals surface area contributed by atoms with Gasteiger partial charge in [-0.2, -0.15) is 0 Å². The molecule has 1 heterocycles. The maximum atomic E-state index is 9.15. The van der Waals surface area contributed by atoms with E-state index in [1.165, 1.54) is 5.39 Å². The van der Waals surface area contributed by atoms with Crippen LogP contribution in [0.5, 0.6) is 0 Å². The predicted octanol–water partition coefficient (Wildman–Crippen LogP) is 2.64. The van der Waals surface area contributed by atoms with E-state index >= 15 is 0 Å². The van der Waals surface area contributed by atoms with Crippen molar-refractivity contribution in [1.82, 2.24) is 4.98 Å². The highest BCUT2D eigenvalue weighted by molar-refractivity contribution is 7.99. The van der Waals surface area contributed by atoms with Crippen molar-refractivity contribution in [2.75, 3.05) is 5.75 Å². The van der Waals surface area contributed by atoms with E-state index in [1.807, 2.05) is 12.1 Å². The number of aliphatic hydroxyl groups is 1. The van der Waals surface area contributed by atoms with Crippen molar-refractivity contribution in [3.63, 3.8) is 0 Å². The number of rotatable bonds is 3. The normalized spacial score (nSPS) is 13.3. The zero-order valence-corrected chi connectivity index (χ0v) is 8.84. The minimum atomic E-state index is -0.258. The van der Waals surface area contributed by atoms with Crippen LogP contribution < -0.4 is 0 Å². The van der Waals surface area contributed by atoms with E-state index in [1.54, 1.807) is 18.7 Å². The van der Waals surface area contributed by atoms with Crippen molar-refractivity contribution in [3.05, 3.63) is 30.3 Å². The van der Waals surface area contributed by atoms with Crippen LogP contribution in [-0.4, -0.2) is 21.9 Å². The second-order valence-electron chi connectivity index (χ2n) is 3.38. The lowest BCUT2D eigenvalue weighted by atomic mass is 10.3. The van der Waals surface area contributed by atoms with Crippen molar-refractivity contribution >= 4 is 22.7 Å². The molecule has 3 heteroatoms. The van der Waals surface area contributed by atoms with Gasteiger partial charge in [-0.25, -0.2) is 0 Å². The fraction of sp³-hybridized carbons (Fsp3) is 0.273. The lowest BCUT2D eigenvalue weighted by Crippen LogP contribution is -2.02. The molecular weight excluding hydrogens is 194 g/mol. The Hall–Kier alpha value is -0.930. The Morgan fingerprint density at radius 3 is 2.93 bits per heavy atom. The molecule has 0 amide bonds. The Kier molecular flexibility index (Phi) is 2.79. The van der Waals surface area contributed by atoms with Crippen molar-refractivity contribution < 1.29 is 5.11 Å². The van der Waals surface area contributed by atoms with Crippen molar-refractivity contribution in [2.45, 2.75) is 18.1 Å². The van der Waals surface area contributed by atoms with E-state index in [0.29, 0.717) is 0 Å². The number of fused-ring (bicyclic) bond motifs is 1. The molecule has 2 N–H and O–H groups in total. The van der Waals surface area contributed by atoms with Gasteiger partial charge >= 0.3 is 0 Å². The van der Waals surface area contributed by atoms with Crippen LogP contribution in [0, 0.1) is 0 Å². The molecule has 0 aliphatic rings.